The van der Waals surface area contributed by atoms with Gasteiger partial charge in [-0.1, -0.05) is 6.07 Å². The molecule has 0 unspecified atom stereocenters. The van der Waals surface area contributed by atoms with E-state index in [2.05, 4.69) is 21.2 Å². The van der Waals surface area contributed by atoms with E-state index in [1.54, 1.807) is 24.3 Å². The number of benzene rings is 2. The summed E-state index contributed by atoms with van der Waals surface area (Å²) in [6.45, 7) is 0.474. The number of nitrogens with one attached hydrogen (secondary N) is 1. The van der Waals surface area contributed by atoms with Crippen LogP contribution in [-0.4, -0.2) is 17.1 Å². The van der Waals surface area contributed by atoms with Crippen LogP contribution >= 0.6 is 15.9 Å². The Morgan fingerprint density at radius 1 is 1.33 bits per heavy atom. The number of halogens is 1. The summed E-state index contributed by atoms with van der Waals surface area (Å²) >= 11 is 3.17. The molecule has 0 fully saturated rings. The van der Waals surface area contributed by atoms with Gasteiger partial charge in [-0.2, -0.15) is 0 Å². The molecule has 0 saturated carbocycles. The first-order valence-electron chi connectivity index (χ1n) is 6.05. The van der Waals surface area contributed by atoms with Gasteiger partial charge < -0.3 is 15.2 Å². The van der Waals surface area contributed by atoms with Crippen LogP contribution in [0.1, 0.15) is 5.56 Å². The smallest absolute Gasteiger partial charge is 0.283 e. The summed E-state index contributed by atoms with van der Waals surface area (Å²) in [6.07, 6.45) is 0. The lowest BCUT2D eigenvalue weighted by Gasteiger charge is -2.09. The molecule has 0 heterocycles. The van der Waals surface area contributed by atoms with Gasteiger partial charge in [0.15, 0.2) is 11.5 Å². The Morgan fingerprint density at radius 3 is 2.67 bits per heavy atom. The maximum Gasteiger partial charge on any atom is 0.283 e. The summed E-state index contributed by atoms with van der Waals surface area (Å²) in [5.41, 5.74) is 1.62. The summed E-state index contributed by atoms with van der Waals surface area (Å²) in [6, 6.07) is 9.81. The molecule has 0 atom stereocenters. The van der Waals surface area contributed by atoms with Gasteiger partial charge in [-0.3, -0.25) is 10.1 Å². The largest absolute Gasteiger partial charge is 0.504 e. The minimum Gasteiger partial charge on any atom is -0.504 e. The average molecular weight is 353 g/mol. The van der Waals surface area contributed by atoms with Crippen molar-refractivity contribution in [2.75, 3.05) is 12.4 Å². The molecule has 2 aromatic carbocycles. The molecule has 0 bridgehead atoms. The second-order valence-corrected chi connectivity index (χ2v) is 5.14. The highest BCUT2D eigenvalue weighted by Gasteiger charge is 2.11. The third-order valence-corrected chi connectivity index (χ3v) is 3.52. The van der Waals surface area contributed by atoms with E-state index < -0.39 is 4.92 Å². The lowest BCUT2D eigenvalue weighted by Crippen LogP contribution is -2.00. The van der Waals surface area contributed by atoms with Crippen LogP contribution in [0.5, 0.6) is 11.5 Å². The number of ether oxygens (including phenoxy) is 1. The van der Waals surface area contributed by atoms with Crippen LogP contribution in [0.15, 0.2) is 40.9 Å². The molecule has 0 radical (unpaired) electrons. The first-order valence-corrected chi connectivity index (χ1v) is 6.84. The third-order valence-electron chi connectivity index (χ3n) is 2.88. The minimum atomic E-state index is -0.449. The molecule has 2 N–H and O–H groups in total. The van der Waals surface area contributed by atoms with E-state index in [1.165, 1.54) is 13.2 Å². The SMILES string of the molecule is COc1ccc(CNc2ccc([N+](=O)[O-])c(Br)c2)cc1O. The van der Waals surface area contributed by atoms with Gasteiger partial charge in [0.1, 0.15) is 0 Å². The van der Waals surface area contributed by atoms with Crippen LogP contribution in [0.3, 0.4) is 0 Å². The van der Waals surface area contributed by atoms with Crippen LogP contribution < -0.4 is 10.1 Å². The number of phenolic OH excluding ortho intramolecular Hbond substituents is 1. The van der Waals surface area contributed by atoms with Crippen molar-refractivity contribution in [3.05, 3.63) is 56.5 Å². The first-order chi connectivity index (χ1) is 10.0. The van der Waals surface area contributed by atoms with Crippen LogP contribution in [0.2, 0.25) is 0 Å². The fourth-order valence-electron chi connectivity index (χ4n) is 1.81. The van der Waals surface area contributed by atoms with Crippen molar-refractivity contribution >= 4 is 27.3 Å². The van der Waals surface area contributed by atoms with Gasteiger partial charge >= 0.3 is 0 Å². The molecule has 0 spiro atoms. The molecule has 0 aromatic heterocycles. The third kappa shape index (κ3) is 3.63. The van der Waals surface area contributed by atoms with E-state index in [0.29, 0.717) is 16.8 Å². The summed E-state index contributed by atoms with van der Waals surface area (Å²) in [5.74, 6) is 0.485. The van der Waals surface area contributed by atoms with E-state index in [9.17, 15) is 15.2 Å². The molecule has 2 aromatic rings. The van der Waals surface area contributed by atoms with E-state index in [0.717, 1.165) is 11.3 Å². The van der Waals surface area contributed by atoms with Crippen molar-refractivity contribution in [1.29, 1.82) is 0 Å². The fourth-order valence-corrected chi connectivity index (χ4v) is 2.34. The van der Waals surface area contributed by atoms with Crippen LogP contribution in [-0.2, 0) is 6.54 Å². The van der Waals surface area contributed by atoms with Gasteiger partial charge in [0.25, 0.3) is 5.69 Å². The number of rotatable bonds is 5. The van der Waals surface area contributed by atoms with Crippen molar-refractivity contribution in [2.45, 2.75) is 6.54 Å². The summed E-state index contributed by atoms with van der Waals surface area (Å²) < 4.78 is 5.39. The Kier molecular flexibility index (Phi) is 4.64. The summed E-state index contributed by atoms with van der Waals surface area (Å²) in [7, 11) is 1.49. The average Bonchev–Trinajstić information content (AvgIpc) is 2.45. The van der Waals surface area contributed by atoms with Gasteiger partial charge in [-0.25, -0.2) is 0 Å². The van der Waals surface area contributed by atoms with Crippen LogP contribution in [0, 0.1) is 10.1 Å². The lowest BCUT2D eigenvalue weighted by molar-refractivity contribution is -0.385. The van der Waals surface area contributed by atoms with E-state index >= 15 is 0 Å². The second kappa shape index (κ2) is 6.45. The number of anilines is 1. The van der Waals surface area contributed by atoms with Crippen molar-refractivity contribution < 1.29 is 14.8 Å². The molecule has 2 rings (SSSR count). The number of nitrogens with zero attached hydrogens (tertiary/aromatic N) is 1. The summed E-state index contributed by atoms with van der Waals surface area (Å²) in [4.78, 5) is 10.3. The Hall–Kier alpha value is -2.28. The van der Waals surface area contributed by atoms with E-state index in [4.69, 9.17) is 4.74 Å². The maximum absolute atomic E-state index is 10.7. The van der Waals surface area contributed by atoms with Crippen LogP contribution in [0.25, 0.3) is 0 Å². The number of hydrogen-bond acceptors (Lipinski definition) is 5. The topological polar surface area (TPSA) is 84.6 Å². The van der Waals surface area contributed by atoms with Gasteiger partial charge in [0.2, 0.25) is 0 Å². The van der Waals surface area contributed by atoms with Gasteiger partial charge in [0.05, 0.1) is 16.5 Å². The predicted octanol–water partition coefficient (Wildman–Crippen LogP) is 3.68. The molecule has 21 heavy (non-hydrogen) atoms. The highest BCUT2D eigenvalue weighted by atomic mass is 79.9. The Bertz CT molecular complexity index is 676. The molecular weight excluding hydrogens is 340 g/mol. The highest BCUT2D eigenvalue weighted by Crippen LogP contribution is 2.29. The van der Waals surface area contributed by atoms with Crippen molar-refractivity contribution in [1.82, 2.24) is 0 Å². The molecule has 0 aliphatic carbocycles. The normalized spacial score (nSPS) is 10.2. The number of nitro benzene ring substituents is 1. The zero-order valence-electron chi connectivity index (χ0n) is 11.2. The first kappa shape index (κ1) is 15.1. The summed E-state index contributed by atoms with van der Waals surface area (Å²) in [5, 5.41) is 23.5. The number of nitro groups is 1. The number of methoxy groups -OCH3 is 1. The molecule has 0 aliphatic heterocycles. The Balaban J connectivity index is 2.08. The number of hydrogen-bond donors (Lipinski definition) is 2. The molecule has 0 saturated heterocycles. The molecule has 6 nitrogen and oxygen atoms in total. The maximum atomic E-state index is 10.7. The fraction of sp³-hybridized carbons (Fsp3) is 0.143. The molecular formula is C14H13BrN2O4. The van der Waals surface area contributed by atoms with E-state index in [1.807, 2.05) is 6.07 Å². The van der Waals surface area contributed by atoms with Crippen molar-refractivity contribution in [2.24, 2.45) is 0 Å². The van der Waals surface area contributed by atoms with E-state index in [-0.39, 0.29) is 11.4 Å². The zero-order chi connectivity index (χ0) is 15.4. The Labute approximate surface area is 129 Å². The van der Waals surface area contributed by atoms with Crippen LogP contribution in [0.4, 0.5) is 11.4 Å². The quantitative estimate of drug-likeness (QED) is 0.633. The van der Waals surface area contributed by atoms with Gasteiger partial charge in [-0.15, -0.1) is 0 Å². The highest BCUT2D eigenvalue weighted by molar-refractivity contribution is 9.10. The molecule has 7 heteroatoms. The molecule has 110 valence electrons. The zero-order valence-corrected chi connectivity index (χ0v) is 12.8. The number of phenols is 1. The predicted molar refractivity (Wildman–Crippen MR) is 82.8 cm³/mol. The standard InChI is InChI=1S/C14H13BrN2O4/c1-21-14-5-2-9(6-13(14)18)8-16-10-3-4-12(17(19)20)11(15)7-10/h2-7,16,18H,8H2,1H3. The Morgan fingerprint density at radius 2 is 2.10 bits per heavy atom. The van der Waals surface area contributed by atoms with Crippen molar-refractivity contribution in [3.8, 4) is 11.5 Å². The molecule has 0 amide bonds. The monoisotopic (exact) mass is 352 g/mol. The number of aromatic hydroxyl groups is 1. The second-order valence-electron chi connectivity index (χ2n) is 4.28. The lowest BCUT2D eigenvalue weighted by atomic mass is 10.2. The van der Waals surface area contributed by atoms with Gasteiger partial charge in [0, 0.05) is 18.3 Å². The van der Waals surface area contributed by atoms with Gasteiger partial charge in [-0.05, 0) is 45.8 Å². The molecule has 0 aliphatic rings. The van der Waals surface area contributed by atoms with Crippen molar-refractivity contribution in [3.63, 3.8) is 0 Å². The minimum absolute atomic E-state index is 0.0163.